The van der Waals surface area contributed by atoms with E-state index < -0.39 is 0 Å². The maximum atomic E-state index is 5.04. The van der Waals surface area contributed by atoms with Crippen LogP contribution in [0.2, 0.25) is 0 Å². The predicted molar refractivity (Wildman–Crippen MR) is 257 cm³/mol. The van der Waals surface area contributed by atoms with E-state index in [2.05, 4.69) is 164 Å². The maximum absolute atomic E-state index is 5.04. The summed E-state index contributed by atoms with van der Waals surface area (Å²) in [6.07, 6.45) is 0. The quantitative estimate of drug-likeness (QED) is 0.161. The molecule has 10 aromatic carbocycles. The minimum Gasteiger partial charge on any atom is -0.208 e. The second-order valence-corrected chi connectivity index (χ2v) is 16.0. The lowest BCUT2D eigenvalue weighted by Gasteiger charge is -2.14. The number of hydrogen-bond acceptors (Lipinski definition) is 3. The molecule has 0 saturated heterocycles. The topological polar surface area (TPSA) is 38.7 Å². The summed E-state index contributed by atoms with van der Waals surface area (Å²) < 4.78 is 0. The number of benzene rings is 10. The first kappa shape index (κ1) is 35.7. The van der Waals surface area contributed by atoms with Crippen molar-refractivity contribution in [3.8, 4) is 101 Å². The Morgan fingerprint density at radius 2 is 0.677 bits per heavy atom. The van der Waals surface area contributed by atoms with Gasteiger partial charge in [-0.2, -0.15) is 0 Å². The van der Waals surface area contributed by atoms with Crippen LogP contribution in [0.1, 0.15) is 0 Å². The lowest BCUT2D eigenvalue weighted by Crippen LogP contribution is -2.00. The van der Waals surface area contributed by atoms with Gasteiger partial charge in [0.25, 0.3) is 0 Å². The van der Waals surface area contributed by atoms with Crippen LogP contribution in [-0.2, 0) is 0 Å². The van der Waals surface area contributed by atoms with Gasteiger partial charge < -0.3 is 0 Å². The van der Waals surface area contributed by atoms with E-state index in [-0.39, 0.29) is 0 Å². The Bertz CT molecular complexity index is 3450. The first-order valence-electron chi connectivity index (χ1n) is 21.1. The molecule has 0 unspecified atom stereocenters. The molecule has 1 aliphatic rings. The van der Waals surface area contributed by atoms with Gasteiger partial charge in [0.2, 0.25) is 0 Å². The van der Waals surface area contributed by atoms with E-state index in [4.69, 9.17) is 15.0 Å². The largest absolute Gasteiger partial charge is 0.208 e. The fourth-order valence-electron chi connectivity index (χ4n) is 9.27. The maximum Gasteiger partial charge on any atom is 0.164 e. The predicted octanol–water partition coefficient (Wildman–Crippen LogP) is 15.5. The number of nitrogens with zero attached hydrogens (tertiary/aromatic N) is 3. The highest BCUT2D eigenvalue weighted by molar-refractivity contribution is 6.19. The average molecular weight is 788 g/mol. The van der Waals surface area contributed by atoms with Crippen LogP contribution in [-0.4, -0.2) is 15.0 Å². The molecule has 0 spiro atoms. The Morgan fingerprint density at radius 1 is 0.210 bits per heavy atom. The molecular formula is C59H37N3. The van der Waals surface area contributed by atoms with Crippen LogP contribution in [0.5, 0.6) is 0 Å². The molecule has 0 aliphatic heterocycles. The second kappa shape index (κ2) is 14.8. The van der Waals surface area contributed by atoms with Crippen LogP contribution < -0.4 is 0 Å². The first-order chi connectivity index (χ1) is 30.7. The highest BCUT2D eigenvalue weighted by atomic mass is 15.0. The molecular weight excluding hydrogens is 751 g/mol. The number of hydrogen-bond donors (Lipinski definition) is 0. The Hall–Kier alpha value is -8.27. The van der Waals surface area contributed by atoms with Crippen molar-refractivity contribution in [2.75, 3.05) is 0 Å². The van der Waals surface area contributed by atoms with Crippen LogP contribution in [0.3, 0.4) is 0 Å². The van der Waals surface area contributed by atoms with Crippen molar-refractivity contribution in [2.24, 2.45) is 0 Å². The van der Waals surface area contributed by atoms with Gasteiger partial charge in [-0.3, -0.25) is 0 Å². The summed E-state index contributed by atoms with van der Waals surface area (Å²) in [6.45, 7) is 0. The van der Waals surface area contributed by atoms with Gasteiger partial charge in [-0.15, -0.1) is 0 Å². The van der Waals surface area contributed by atoms with Gasteiger partial charge in [0.15, 0.2) is 17.5 Å². The van der Waals surface area contributed by atoms with Gasteiger partial charge in [-0.1, -0.05) is 194 Å². The number of rotatable bonds is 7. The first-order valence-corrected chi connectivity index (χ1v) is 21.1. The molecule has 0 amide bonds. The summed E-state index contributed by atoms with van der Waals surface area (Å²) in [5, 5.41) is 4.98. The Kier molecular flexibility index (Phi) is 8.50. The molecule has 0 fully saturated rings. The molecule has 1 aliphatic carbocycles. The van der Waals surface area contributed by atoms with Gasteiger partial charge in [-0.25, -0.2) is 15.0 Å². The minimum absolute atomic E-state index is 0.637. The summed E-state index contributed by atoms with van der Waals surface area (Å²) in [5.74, 6) is 1.93. The van der Waals surface area contributed by atoms with E-state index in [1.807, 2.05) is 60.7 Å². The number of aromatic nitrogens is 3. The van der Waals surface area contributed by atoms with E-state index in [1.54, 1.807) is 0 Å². The standard InChI is InChI=1S/C59H37N3/c1-4-15-38(16-5-1)42-29-30-50-52-28-14-27-51-49(31-32-53(56(51)52)55(50)36-42)44-23-12-22-41(33-44)47-35-43-21-10-11-26-48(43)54(37-47)45-24-13-25-46(34-45)59-61-57(39-17-6-2-7-18-39)60-58(62-59)40-19-8-3-9-20-40/h1-37H. The summed E-state index contributed by atoms with van der Waals surface area (Å²) in [5.41, 5.74) is 17.5. The Morgan fingerprint density at radius 3 is 1.40 bits per heavy atom. The average Bonchev–Trinajstić information content (AvgIpc) is 3.68. The molecule has 0 radical (unpaired) electrons. The highest BCUT2D eigenvalue weighted by Crippen LogP contribution is 2.50. The third-order valence-corrected chi connectivity index (χ3v) is 12.2. The summed E-state index contributed by atoms with van der Waals surface area (Å²) in [4.78, 5) is 15.0. The van der Waals surface area contributed by atoms with Crippen molar-refractivity contribution < 1.29 is 0 Å². The molecule has 288 valence electrons. The van der Waals surface area contributed by atoms with Crippen molar-refractivity contribution in [2.45, 2.75) is 0 Å². The molecule has 12 rings (SSSR count). The van der Waals surface area contributed by atoms with Gasteiger partial charge >= 0.3 is 0 Å². The van der Waals surface area contributed by atoms with Crippen molar-refractivity contribution in [3.05, 3.63) is 224 Å². The normalized spacial score (nSPS) is 11.5. The van der Waals surface area contributed by atoms with Crippen molar-refractivity contribution in [1.29, 1.82) is 0 Å². The molecule has 0 bridgehead atoms. The summed E-state index contributed by atoms with van der Waals surface area (Å²) in [6, 6.07) is 80.2. The molecule has 1 heterocycles. The van der Waals surface area contributed by atoms with Crippen LogP contribution in [0.4, 0.5) is 0 Å². The second-order valence-electron chi connectivity index (χ2n) is 16.0. The molecule has 0 atom stereocenters. The van der Waals surface area contributed by atoms with E-state index in [1.165, 1.54) is 71.6 Å². The zero-order chi connectivity index (χ0) is 41.0. The van der Waals surface area contributed by atoms with E-state index in [0.717, 1.165) is 33.4 Å². The zero-order valence-corrected chi connectivity index (χ0v) is 33.7. The fourth-order valence-corrected chi connectivity index (χ4v) is 9.27. The molecule has 1 aromatic heterocycles. The molecule has 3 nitrogen and oxygen atoms in total. The van der Waals surface area contributed by atoms with E-state index in [9.17, 15) is 0 Å². The minimum atomic E-state index is 0.637. The van der Waals surface area contributed by atoms with Crippen LogP contribution in [0.25, 0.3) is 122 Å². The van der Waals surface area contributed by atoms with E-state index >= 15 is 0 Å². The van der Waals surface area contributed by atoms with Gasteiger partial charge in [0.1, 0.15) is 0 Å². The third-order valence-electron chi connectivity index (χ3n) is 12.2. The van der Waals surface area contributed by atoms with E-state index in [0.29, 0.717) is 17.5 Å². The molecule has 0 N–H and O–H groups in total. The fraction of sp³-hybridized carbons (Fsp3) is 0. The molecule has 62 heavy (non-hydrogen) atoms. The van der Waals surface area contributed by atoms with Crippen LogP contribution in [0.15, 0.2) is 224 Å². The summed E-state index contributed by atoms with van der Waals surface area (Å²) >= 11 is 0. The zero-order valence-electron chi connectivity index (χ0n) is 33.7. The Balaban J connectivity index is 0.950. The molecule has 11 aromatic rings. The van der Waals surface area contributed by atoms with Crippen molar-refractivity contribution in [1.82, 2.24) is 15.0 Å². The van der Waals surface area contributed by atoms with Gasteiger partial charge in [-0.05, 0) is 119 Å². The third kappa shape index (κ3) is 6.18. The molecule has 3 heteroatoms. The van der Waals surface area contributed by atoms with Crippen LogP contribution >= 0.6 is 0 Å². The van der Waals surface area contributed by atoms with Crippen LogP contribution in [0, 0.1) is 0 Å². The number of fused-ring (bicyclic) bond motifs is 4. The lowest BCUT2D eigenvalue weighted by atomic mass is 9.90. The monoisotopic (exact) mass is 787 g/mol. The Labute approximate surface area is 360 Å². The lowest BCUT2D eigenvalue weighted by molar-refractivity contribution is 1.07. The van der Waals surface area contributed by atoms with Crippen molar-refractivity contribution >= 4 is 21.5 Å². The summed E-state index contributed by atoms with van der Waals surface area (Å²) in [7, 11) is 0. The SMILES string of the molecule is c1ccc(-c2ccc3c(c2)-c2ccc(-c4cccc(-c5cc(-c6cccc(-c7nc(-c8ccccc8)nc(-c8ccccc8)n7)c6)c6ccccc6c5)c4)c4cccc-3c24)cc1. The molecule has 0 saturated carbocycles. The van der Waals surface area contributed by atoms with Gasteiger partial charge in [0.05, 0.1) is 0 Å². The van der Waals surface area contributed by atoms with Gasteiger partial charge in [0, 0.05) is 16.7 Å². The highest BCUT2D eigenvalue weighted by Gasteiger charge is 2.24. The smallest absolute Gasteiger partial charge is 0.164 e. The van der Waals surface area contributed by atoms with Crippen molar-refractivity contribution in [3.63, 3.8) is 0 Å².